The molecule has 0 bridgehead atoms. The molecule has 0 fully saturated rings. The molecule has 7 aromatic rings. The largest absolute Gasteiger partial charge is 0.450 e. The van der Waals surface area contributed by atoms with E-state index >= 15 is 0 Å². The number of hydrogen-bond donors (Lipinski definition) is 1. The van der Waals surface area contributed by atoms with E-state index in [-0.39, 0.29) is 0 Å². The van der Waals surface area contributed by atoms with Crippen LogP contribution in [0.4, 0.5) is 0 Å². The third kappa shape index (κ3) is 2.69. The van der Waals surface area contributed by atoms with Crippen molar-refractivity contribution >= 4 is 56.6 Å². The molecule has 5 aromatic carbocycles. The molecule has 0 spiro atoms. The number of hydrogen-bond acceptors (Lipinski definition) is 1. The first-order valence-corrected chi connectivity index (χ1v) is 11.4. The predicted molar refractivity (Wildman–Crippen MR) is 143 cm³/mol. The molecule has 0 saturated heterocycles. The van der Waals surface area contributed by atoms with E-state index in [0.29, 0.717) is 0 Å². The summed E-state index contributed by atoms with van der Waals surface area (Å²) in [7, 11) is 1.17. The summed E-state index contributed by atoms with van der Waals surface area (Å²) in [4.78, 5) is 0. The average Bonchev–Trinajstić information content (AvgIpc) is 3.40. The molecule has 0 unspecified atom stereocenters. The lowest BCUT2D eigenvalue weighted by Gasteiger charge is -2.09. The SMILES string of the molecule is O[B]c1ccc2c(c1)c1cc3c(cc1n2-c1ccccc1)c1ccccc1n3-c1ccccc1. The van der Waals surface area contributed by atoms with E-state index in [2.05, 4.69) is 112 Å². The van der Waals surface area contributed by atoms with Gasteiger partial charge in [-0.25, -0.2) is 0 Å². The van der Waals surface area contributed by atoms with Crippen LogP contribution in [0.3, 0.4) is 0 Å². The lowest BCUT2D eigenvalue weighted by molar-refractivity contribution is 0.615. The van der Waals surface area contributed by atoms with Gasteiger partial charge >= 0.3 is 7.48 Å². The fraction of sp³-hybridized carbons (Fsp3) is 0. The molecular weight excluding hydrogens is 415 g/mol. The minimum Gasteiger partial charge on any atom is -0.450 e. The van der Waals surface area contributed by atoms with E-state index in [1.165, 1.54) is 29.3 Å². The van der Waals surface area contributed by atoms with Gasteiger partial charge in [-0.3, -0.25) is 0 Å². The summed E-state index contributed by atoms with van der Waals surface area (Å²) in [5.74, 6) is 0. The van der Waals surface area contributed by atoms with Crippen LogP contribution >= 0.6 is 0 Å². The van der Waals surface area contributed by atoms with Gasteiger partial charge in [0.2, 0.25) is 0 Å². The summed E-state index contributed by atoms with van der Waals surface area (Å²) in [6.07, 6.45) is 0. The number of aromatic nitrogens is 2. The van der Waals surface area contributed by atoms with Crippen molar-refractivity contribution in [3.05, 3.63) is 115 Å². The molecule has 7 rings (SSSR count). The molecule has 34 heavy (non-hydrogen) atoms. The highest BCUT2D eigenvalue weighted by molar-refractivity contribution is 6.46. The zero-order valence-electron chi connectivity index (χ0n) is 18.4. The van der Waals surface area contributed by atoms with Crippen LogP contribution in [0.25, 0.3) is 55.0 Å². The minimum absolute atomic E-state index is 0.795. The molecule has 1 radical (unpaired) electrons. The molecule has 0 atom stereocenters. The number of benzene rings is 5. The maximum atomic E-state index is 9.72. The van der Waals surface area contributed by atoms with E-state index in [9.17, 15) is 5.02 Å². The van der Waals surface area contributed by atoms with E-state index in [0.717, 1.165) is 38.6 Å². The summed E-state index contributed by atoms with van der Waals surface area (Å²) in [6.45, 7) is 0. The van der Waals surface area contributed by atoms with Crippen molar-refractivity contribution < 1.29 is 5.02 Å². The van der Waals surface area contributed by atoms with Gasteiger partial charge in [-0.15, -0.1) is 0 Å². The Balaban J connectivity index is 1.70. The Kier molecular flexibility index (Phi) is 4.17. The van der Waals surface area contributed by atoms with Crippen LogP contribution in [0.2, 0.25) is 0 Å². The van der Waals surface area contributed by atoms with Crippen molar-refractivity contribution in [2.75, 3.05) is 0 Å². The van der Waals surface area contributed by atoms with E-state index < -0.39 is 0 Å². The van der Waals surface area contributed by atoms with Crippen molar-refractivity contribution in [1.82, 2.24) is 9.13 Å². The molecule has 159 valence electrons. The summed E-state index contributed by atoms with van der Waals surface area (Å²) < 4.78 is 4.66. The fourth-order valence-corrected chi connectivity index (χ4v) is 5.29. The lowest BCUT2D eigenvalue weighted by Crippen LogP contribution is -2.12. The maximum absolute atomic E-state index is 9.72. The van der Waals surface area contributed by atoms with Gasteiger partial charge in [-0.05, 0) is 48.5 Å². The van der Waals surface area contributed by atoms with E-state index in [4.69, 9.17) is 0 Å². The Hall–Kier alpha value is -4.28. The minimum atomic E-state index is 0.795. The zero-order valence-corrected chi connectivity index (χ0v) is 18.4. The van der Waals surface area contributed by atoms with Crippen LogP contribution < -0.4 is 5.46 Å². The third-order valence-electron chi connectivity index (χ3n) is 6.76. The summed E-state index contributed by atoms with van der Waals surface area (Å²) in [5, 5.41) is 14.5. The van der Waals surface area contributed by atoms with Gasteiger partial charge in [0.25, 0.3) is 0 Å². The smallest absolute Gasteiger partial charge is 0.326 e. The summed E-state index contributed by atoms with van der Waals surface area (Å²) in [5.41, 5.74) is 7.69. The molecular formula is C30H20BN2O. The molecule has 4 heteroatoms. The van der Waals surface area contributed by atoms with Crippen LogP contribution in [0.15, 0.2) is 115 Å². The second-order valence-corrected chi connectivity index (χ2v) is 8.65. The monoisotopic (exact) mass is 435 g/mol. The van der Waals surface area contributed by atoms with Crippen LogP contribution in [-0.2, 0) is 0 Å². The highest BCUT2D eigenvalue weighted by atomic mass is 16.2. The van der Waals surface area contributed by atoms with Crippen molar-refractivity contribution in [2.45, 2.75) is 0 Å². The molecule has 0 saturated carbocycles. The van der Waals surface area contributed by atoms with E-state index in [1.54, 1.807) is 0 Å². The van der Waals surface area contributed by atoms with Gasteiger partial charge in [0.05, 0.1) is 22.1 Å². The first-order valence-electron chi connectivity index (χ1n) is 11.4. The van der Waals surface area contributed by atoms with Gasteiger partial charge in [-0.1, -0.05) is 72.2 Å². The molecule has 2 aromatic heterocycles. The normalized spacial score (nSPS) is 11.7. The second-order valence-electron chi connectivity index (χ2n) is 8.65. The number of fused-ring (bicyclic) bond motifs is 6. The van der Waals surface area contributed by atoms with Gasteiger partial charge in [-0.2, -0.15) is 0 Å². The van der Waals surface area contributed by atoms with Crippen molar-refractivity contribution in [2.24, 2.45) is 0 Å². The standard InChI is InChI=1S/C30H20BN2O/c34-31-20-15-16-28-24(17-20)26-19-29-25(18-30(26)33(28)22-11-5-2-6-12-22)23-13-7-8-14-27(23)32(29)21-9-3-1-4-10-21/h1-19,34H. The Morgan fingerprint density at radius 1 is 0.441 bits per heavy atom. The van der Waals surface area contributed by atoms with Crippen LogP contribution in [0.1, 0.15) is 0 Å². The molecule has 0 amide bonds. The first-order chi connectivity index (χ1) is 16.8. The quantitative estimate of drug-likeness (QED) is 0.333. The maximum Gasteiger partial charge on any atom is 0.326 e. The predicted octanol–water partition coefficient (Wildman–Crippen LogP) is 6.12. The number of nitrogens with zero attached hydrogens (tertiary/aromatic N) is 2. The lowest BCUT2D eigenvalue weighted by atomic mass is 9.88. The zero-order chi connectivity index (χ0) is 22.6. The van der Waals surface area contributed by atoms with Crippen molar-refractivity contribution in [3.8, 4) is 11.4 Å². The Labute approximate surface area is 197 Å². The fourth-order valence-electron chi connectivity index (χ4n) is 5.29. The van der Waals surface area contributed by atoms with Crippen molar-refractivity contribution in [1.29, 1.82) is 0 Å². The van der Waals surface area contributed by atoms with Crippen LogP contribution in [0.5, 0.6) is 0 Å². The van der Waals surface area contributed by atoms with Crippen molar-refractivity contribution in [3.63, 3.8) is 0 Å². The highest BCUT2D eigenvalue weighted by Gasteiger charge is 2.18. The molecule has 0 aliphatic heterocycles. The first kappa shape index (κ1) is 19.2. The second kappa shape index (κ2) is 7.37. The Bertz CT molecular complexity index is 1830. The summed E-state index contributed by atoms with van der Waals surface area (Å²) >= 11 is 0. The number of para-hydroxylation sites is 3. The van der Waals surface area contributed by atoms with Gasteiger partial charge in [0.15, 0.2) is 0 Å². The topological polar surface area (TPSA) is 30.1 Å². The third-order valence-corrected chi connectivity index (χ3v) is 6.76. The molecule has 1 N–H and O–H groups in total. The molecule has 0 aliphatic carbocycles. The number of rotatable bonds is 3. The van der Waals surface area contributed by atoms with Crippen LogP contribution in [0, 0.1) is 0 Å². The highest BCUT2D eigenvalue weighted by Crippen LogP contribution is 2.39. The average molecular weight is 435 g/mol. The van der Waals surface area contributed by atoms with Gasteiger partial charge in [0.1, 0.15) is 0 Å². The Morgan fingerprint density at radius 3 is 1.56 bits per heavy atom. The Morgan fingerprint density at radius 2 is 0.941 bits per heavy atom. The molecule has 0 aliphatic rings. The summed E-state index contributed by atoms with van der Waals surface area (Å²) in [6, 6.07) is 40.4. The van der Waals surface area contributed by atoms with Crippen LogP contribution in [-0.4, -0.2) is 21.6 Å². The molecule has 3 nitrogen and oxygen atoms in total. The van der Waals surface area contributed by atoms with Gasteiger partial charge in [0, 0.05) is 32.9 Å². The van der Waals surface area contributed by atoms with Gasteiger partial charge < -0.3 is 14.2 Å². The van der Waals surface area contributed by atoms with E-state index in [1.807, 2.05) is 12.1 Å². The molecule has 2 heterocycles.